The van der Waals surface area contributed by atoms with Gasteiger partial charge in [0, 0.05) is 13.2 Å². The van der Waals surface area contributed by atoms with E-state index >= 15 is 0 Å². The standard InChI is InChI=1S/C9H18F3NO/c1-8(2)3-5-14-6-4-13-7-9(10,11)12/h8,13H,3-7H2,1-2H3. The number of halogens is 3. The summed E-state index contributed by atoms with van der Waals surface area (Å²) in [5.74, 6) is 0.568. The van der Waals surface area contributed by atoms with Crippen molar-refractivity contribution in [3.63, 3.8) is 0 Å². The lowest BCUT2D eigenvalue weighted by Crippen LogP contribution is -2.31. The summed E-state index contributed by atoms with van der Waals surface area (Å²) in [4.78, 5) is 0. The van der Waals surface area contributed by atoms with Crippen molar-refractivity contribution in [1.29, 1.82) is 0 Å². The molecule has 0 rings (SSSR count). The Hall–Kier alpha value is -0.290. The molecule has 0 amide bonds. The van der Waals surface area contributed by atoms with Gasteiger partial charge in [0.25, 0.3) is 0 Å². The topological polar surface area (TPSA) is 21.3 Å². The summed E-state index contributed by atoms with van der Waals surface area (Å²) in [6, 6.07) is 0. The summed E-state index contributed by atoms with van der Waals surface area (Å²) >= 11 is 0. The lowest BCUT2D eigenvalue weighted by Gasteiger charge is -2.09. The van der Waals surface area contributed by atoms with Gasteiger partial charge in [-0.05, 0) is 12.3 Å². The van der Waals surface area contributed by atoms with Crippen LogP contribution in [0, 0.1) is 5.92 Å². The third kappa shape index (κ3) is 11.7. The van der Waals surface area contributed by atoms with Crippen LogP contribution in [0.5, 0.6) is 0 Å². The molecule has 14 heavy (non-hydrogen) atoms. The Morgan fingerprint density at radius 2 is 1.86 bits per heavy atom. The highest BCUT2D eigenvalue weighted by atomic mass is 19.4. The smallest absolute Gasteiger partial charge is 0.380 e. The molecule has 0 radical (unpaired) electrons. The van der Waals surface area contributed by atoms with E-state index in [-0.39, 0.29) is 6.54 Å². The third-order valence-corrected chi connectivity index (χ3v) is 1.59. The van der Waals surface area contributed by atoms with Crippen LogP contribution in [0.1, 0.15) is 20.3 Å². The average molecular weight is 213 g/mol. The van der Waals surface area contributed by atoms with Crippen LogP contribution < -0.4 is 5.32 Å². The molecule has 0 heterocycles. The van der Waals surface area contributed by atoms with Crippen LogP contribution in [-0.2, 0) is 4.74 Å². The Balaban J connectivity index is 3.07. The van der Waals surface area contributed by atoms with Crippen LogP contribution in [0.4, 0.5) is 13.2 Å². The molecule has 0 saturated carbocycles. The van der Waals surface area contributed by atoms with Gasteiger partial charge in [0.1, 0.15) is 0 Å². The van der Waals surface area contributed by atoms with Crippen LogP contribution in [0.15, 0.2) is 0 Å². The maximum atomic E-state index is 11.6. The minimum Gasteiger partial charge on any atom is -0.380 e. The Labute approximate surface area is 82.8 Å². The molecule has 0 fully saturated rings. The summed E-state index contributed by atoms with van der Waals surface area (Å²) < 4.78 is 40.0. The van der Waals surface area contributed by atoms with Crippen molar-refractivity contribution < 1.29 is 17.9 Å². The highest BCUT2D eigenvalue weighted by Crippen LogP contribution is 2.11. The Morgan fingerprint density at radius 3 is 2.36 bits per heavy atom. The van der Waals surface area contributed by atoms with Gasteiger partial charge < -0.3 is 10.1 Å². The van der Waals surface area contributed by atoms with E-state index < -0.39 is 12.7 Å². The molecule has 5 heteroatoms. The largest absolute Gasteiger partial charge is 0.401 e. The van der Waals surface area contributed by atoms with Gasteiger partial charge in [0.05, 0.1) is 13.2 Å². The minimum absolute atomic E-state index is 0.248. The number of alkyl halides is 3. The van der Waals surface area contributed by atoms with E-state index in [0.29, 0.717) is 19.1 Å². The molecule has 86 valence electrons. The van der Waals surface area contributed by atoms with Crippen LogP contribution >= 0.6 is 0 Å². The zero-order valence-electron chi connectivity index (χ0n) is 8.66. The van der Waals surface area contributed by atoms with Crippen molar-refractivity contribution in [3.05, 3.63) is 0 Å². The summed E-state index contributed by atoms with van der Waals surface area (Å²) in [6.07, 6.45) is -3.18. The lowest BCUT2D eigenvalue weighted by atomic mass is 10.1. The van der Waals surface area contributed by atoms with Crippen molar-refractivity contribution in [2.75, 3.05) is 26.3 Å². The second-order valence-electron chi connectivity index (χ2n) is 3.59. The van der Waals surface area contributed by atoms with Gasteiger partial charge in [0.2, 0.25) is 0 Å². The number of hydrogen-bond donors (Lipinski definition) is 1. The predicted octanol–water partition coefficient (Wildman–Crippen LogP) is 2.20. The minimum atomic E-state index is -4.13. The van der Waals surface area contributed by atoms with Gasteiger partial charge in [0.15, 0.2) is 0 Å². The monoisotopic (exact) mass is 213 g/mol. The second kappa shape index (κ2) is 7.06. The first-order valence-electron chi connectivity index (χ1n) is 4.77. The first-order valence-corrected chi connectivity index (χ1v) is 4.77. The zero-order valence-corrected chi connectivity index (χ0v) is 8.66. The highest BCUT2D eigenvalue weighted by Gasteiger charge is 2.25. The van der Waals surface area contributed by atoms with Gasteiger partial charge in [-0.3, -0.25) is 0 Å². The van der Waals surface area contributed by atoms with E-state index in [4.69, 9.17) is 4.74 Å². The summed E-state index contributed by atoms with van der Waals surface area (Å²) in [5.41, 5.74) is 0. The SMILES string of the molecule is CC(C)CCOCCNCC(F)(F)F. The van der Waals surface area contributed by atoms with Gasteiger partial charge >= 0.3 is 6.18 Å². The molecule has 2 nitrogen and oxygen atoms in total. The van der Waals surface area contributed by atoms with Crippen LogP contribution in [-0.4, -0.2) is 32.5 Å². The molecule has 0 unspecified atom stereocenters. The van der Waals surface area contributed by atoms with E-state index in [2.05, 4.69) is 19.2 Å². The van der Waals surface area contributed by atoms with Gasteiger partial charge in [-0.25, -0.2) is 0 Å². The molecular weight excluding hydrogens is 195 g/mol. The number of rotatable bonds is 7. The van der Waals surface area contributed by atoms with Gasteiger partial charge in [-0.1, -0.05) is 13.8 Å². The summed E-state index contributed by atoms with van der Waals surface area (Å²) in [5, 5.41) is 2.26. The molecule has 0 atom stereocenters. The first-order chi connectivity index (χ1) is 6.42. The Kier molecular flexibility index (Phi) is 6.92. The van der Waals surface area contributed by atoms with Gasteiger partial charge in [-0.15, -0.1) is 0 Å². The lowest BCUT2D eigenvalue weighted by molar-refractivity contribution is -0.125. The normalized spacial score (nSPS) is 12.4. The van der Waals surface area contributed by atoms with Crippen LogP contribution in [0.2, 0.25) is 0 Å². The second-order valence-corrected chi connectivity index (χ2v) is 3.59. The van der Waals surface area contributed by atoms with Crippen molar-refractivity contribution in [2.24, 2.45) is 5.92 Å². The van der Waals surface area contributed by atoms with E-state index in [0.717, 1.165) is 6.42 Å². The summed E-state index contributed by atoms with van der Waals surface area (Å²) in [7, 11) is 0. The van der Waals surface area contributed by atoms with Crippen molar-refractivity contribution in [2.45, 2.75) is 26.4 Å². The number of nitrogens with one attached hydrogen (secondary N) is 1. The molecule has 0 aliphatic carbocycles. The molecule has 0 saturated heterocycles. The number of hydrogen-bond acceptors (Lipinski definition) is 2. The fourth-order valence-corrected chi connectivity index (χ4v) is 0.796. The maximum absolute atomic E-state index is 11.6. The van der Waals surface area contributed by atoms with E-state index in [1.165, 1.54) is 0 Å². The van der Waals surface area contributed by atoms with Crippen molar-refractivity contribution in [1.82, 2.24) is 5.32 Å². The molecule has 0 spiro atoms. The van der Waals surface area contributed by atoms with E-state index in [1.807, 2.05) is 0 Å². The summed E-state index contributed by atoms with van der Waals surface area (Å²) in [6.45, 7) is 4.41. The molecule has 0 aliphatic heterocycles. The zero-order chi connectivity index (χ0) is 11.0. The molecular formula is C9H18F3NO. The molecule has 0 aliphatic rings. The number of ether oxygens (including phenoxy) is 1. The quantitative estimate of drug-likeness (QED) is 0.655. The Morgan fingerprint density at radius 1 is 1.21 bits per heavy atom. The van der Waals surface area contributed by atoms with Crippen molar-refractivity contribution >= 4 is 0 Å². The van der Waals surface area contributed by atoms with Crippen molar-refractivity contribution in [3.8, 4) is 0 Å². The molecule has 1 N–H and O–H groups in total. The van der Waals surface area contributed by atoms with Crippen LogP contribution in [0.25, 0.3) is 0 Å². The highest BCUT2D eigenvalue weighted by molar-refractivity contribution is 4.54. The fraction of sp³-hybridized carbons (Fsp3) is 1.00. The van der Waals surface area contributed by atoms with E-state index in [1.54, 1.807) is 0 Å². The molecule has 0 aromatic carbocycles. The molecule has 0 aromatic rings. The van der Waals surface area contributed by atoms with E-state index in [9.17, 15) is 13.2 Å². The first kappa shape index (κ1) is 13.7. The Bertz CT molecular complexity index is 137. The fourth-order valence-electron chi connectivity index (χ4n) is 0.796. The average Bonchev–Trinajstić information content (AvgIpc) is 2.00. The van der Waals surface area contributed by atoms with Gasteiger partial charge in [-0.2, -0.15) is 13.2 Å². The third-order valence-electron chi connectivity index (χ3n) is 1.59. The predicted molar refractivity (Wildman–Crippen MR) is 49.2 cm³/mol. The molecule has 0 bridgehead atoms. The van der Waals surface area contributed by atoms with Crippen LogP contribution in [0.3, 0.4) is 0 Å². The molecule has 0 aromatic heterocycles. The maximum Gasteiger partial charge on any atom is 0.401 e.